The number of hydrogen-bond acceptors (Lipinski definition) is 5. The molecule has 0 aliphatic rings. The molecule has 0 radical (unpaired) electrons. The van der Waals surface area contributed by atoms with Crippen molar-refractivity contribution in [2.45, 2.75) is 13.5 Å². The highest BCUT2D eigenvalue weighted by Crippen LogP contribution is 2.12. The maximum atomic E-state index is 12.2. The number of nitrogens with one attached hydrogen (secondary N) is 2. The number of carbonyl (C=O) groups is 1. The number of nitrogens with zero attached hydrogens (tertiary/aromatic N) is 3. The van der Waals surface area contributed by atoms with Crippen molar-refractivity contribution in [1.82, 2.24) is 9.97 Å². The SMILES string of the molecule is Cc1ccc(CNc2cnc(C(=O)Nc3cccc(C#N)c3)cn2)cc1. The molecule has 0 spiro atoms. The summed E-state index contributed by atoms with van der Waals surface area (Å²) in [6.07, 6.45) is 2.94. The summed E-state index contributed by atoms with van der Waals surface area (Å²) < 4.78 is 0. The molecule has 6 heteroatoms. The molecular weight excluding hydrogens is 326 g/mol. The van der Waals surface area contributed by atoms with Gasteiger partial charge in [-0.05, 0) is 30.7 Å². The maximum Gasteiger partial charge on any atom is 0.275 e. The van der Waals surface area contributed by atoms with Crippen molar-refractivity contribution in [2.24, 2.45) is 0 Å². The largest absolute Gasteiger partial charge is 0.365 e. The summed E-state index contributed by atoms with van der Waals surface area (Å²) in [5.41, 5.74) is 3.57. The number of carbonyl (C=O) groups excluding carboxylic acids is 1. The molecule has 0 aliphatic carbocycles. The lowest BCUT2D eigenvalue weighted by atomic mass is 10.1. The lowest BCUT2D eigenvalue weighted by Gasteiger charge is -2.07. The highest BCUT2D eigenvalue weighted by atomic mass is 16.1. The van der Waals surface area contributed by atoms with E-state index in [-0.39, 0.29) is 11.6 Å². The molecule has 2 N–H and O–H groups in total. The predicted octanol–water partition coefficient (Wildman–Crippen LogP) is 3.52. The molecule has 1 heterocycles. The van der Waals surface area contributed by atoms with Gasteiger partial charge in [0.1, 0.15) is 11.5 Å². The normalized spacial score (nSPS) is 10.0. The highest BCUT2D eigenvalue weighted by molar-refractivity contribution is 6.02. The molecule has 0 saturated carbocycles. The third kappa shape index (κ3) is 4.42. The van der Waals surface area contributed by atoms with Crippen LogP contribution in [0.5, 0.6) is 0 Å². The third-order valence-electron chi connectivity index (χ3n) is 3.73. The van der Waals surface area contributed by atoms with Crippen LogP contribution in [0.2, 0.25) is 0 Å². The Kier molecular flexibility index (Phi) is 5.20. The number of anilines is 2. The van der Waals surface area contributed by atoms with Crippen molar-refractivity contribution in [3.05, 3.63) is 83.3 Å². The fraction of sp³-hybridized carbons (Fsp3) is 0.100. The first-order valence-electron chi connectivity index (χ1n) is 8.07. The van der Waals surface area contributed by atoms with Crippen LogP contribution < -0.4 is 10.6 Å². The molecule has 1 aromatic heterocycles. The number of aryl methyl sites for hydroxylation is 1. The minimum atomic E-state index is -0.377. The van der Waals surface area contributed by atoms with E-state index in [1.165, 1.54) is 18.0 Å². The van der Waals surface area contributed by atoms with E-state index in [1.54, 1.807) is 24.3 Å². The van der Waals surface area contributed by atoms with Gasteiger partial charge in [-0.3, -0.25) is 4.79 Å². The summed E-state index contributed by atoms with van der Waals surface area (Å²) in [4.78, 5) is 20.6. The Morgan fingerprint density at radius 1 is 1.12 bits per heavy atom. The number of nitriles is 1. The van der Waals surface area contributed by atoms with Gasteiger partial charge in [-0.1, -0.05) is 35.9 Å². The molecule has 0 bridgehead atoms. The number of aromatic nitrogens is 2. The van der Waals surface area contributed by atoms with E-state index in [4.69, 9.17) is 5.26 Å². The van der Waals surface area contributed by atoms with Crippen molar-refractivity contribution in [3.8, 4) is 6.07 Å². The van der Waals surface area contributed by atoms with Gasteiger partial charge in [0.15, 0.2) is 0 Å². The first kappa shape index (κ1) is 17.1. The Hall–Kier alpha value is -3.72. The molecule has 3 rings (SSSR count). The molecule has 0 aliphatic heterocycles. The molecule has 1 amide bonds. The lowest BCUT2D eigenvalue weighted by molar-refractivity contribution is 0.102. The summed E-state index contributed by atoms with van der Waals surface area (Å²) in [5, 5.41) is 14.8. The van der Waals surface area contributed by atoms with Gasteiger partial charge in [0.2, 0.25) is 0 Å². The molecular formula is C20H17N5O. The lowest BCUT2D eigenvalue weighted by Crippen LogP contribution is -2.14. The summed E-state index contributed by atoms with van der Waals surface area (Å²) in [7, 11) is 0. The second-order valence-corrected chi connectivity index (χ2v) is 5.77. The number of amides is 1. The zero-order valence-corrected chi connectivity index (χ0v) is 14.2. The van der Waals surface area contributed by atoms with E-state index < -0.39 is 0 Å². The second-order valence-electron chi connectivity index (χ2n) is 5.77. The van der Waals surface area contributed by atoms with Crippen molar-refractivity contribution in [3.63, 3.8) is 0 Å². The van der Waals surface area contributed by atoms with Crippen molar-refractivity contribution >= 4 is 17.4 Å². The monoisotopic (exact) mass is 343 g/mol. The van der Waals surface area contributed by atoms with E-state index in [1.807, 2.05) is 25.1 Å². The molecule has 0 atom stereocenters. The van der Waals surface area contributed by atoms with E-state index in [0.717, 1.165) is 5.56 Å². The molecule has 0 unspecified atom stereocenters. The Bertz CT molecular complexity index is 943. The van der Waals surface area contributed by atoms with Gasteiger partial charge < -0.3 is 10.6 Å². The number of rotatable bonds is 5. The molecule has 2 aromatic carbocycles. The first-order chi connectivity index (χ1) is 12.6. The quantitative estimate of drug-likeness (QED) is 0.739. The zero-order valence-electron chi connectivity index (χ0n) is 14.2. The van der Waals surface area contributed by atoms with E-state index in [2.05, 4.69) is 32.7 Å². The van der Waals surface area contributed by atoms with Crippen molar-refractivity contribution in [1.29, 1.82) is 5.26 Å². The number of hydrogen-bond donors (Lipinski definition) is 2. The molecule has 0 fully saturated rings. The van der Waals surface area contributed by atoms with E-state index in [0.29, 0.717) is 23.6 Å². The summed E-state index contributed by atoms with van der Waals surface area (Å²) in [6.45, 7) is 2.67. The third-order valence-corrected chi connectivity index (χ3v) is 3.73. The topological polar surface area (TPSA) is 90.7 Å². The standard InChI is InChI=1S/C20H17N5O/c1-14-5-7-15(8-6-14)11-23-19-13-22-18(12-24-19)20(26)25-17-4-2-3-16(9-17)10-21/h2-9,12-13H,11H2,1H3,(H,23,24)(H,25,26). The van der Waals surface area contributed by atoms with Gasteiger partial charge in [-0.15, -0.1) is 0 Å². The molecule has 128 valence electrons. The first-order valence-corrected chi connectivity index (χ1v) is 8.07. The Balaban J connectivity index is 1.60. The minimum Gasteiger partial charge on any atom is -0.365 e. The van der Waals surface area contributed by atoms with Crippen molar-refractivity contribution in [2.75, 3.05) is 10.6 Å². The van der Waals surface area contributed by atoms with Crippen LogP contribution >= 0.6 is 0 Å². The van der Waals surface area contributed by atoms with E-state index in [9.17, 15) is 4.79 Å². The van der Waals surface area contributed by atoms with Gasteiger partial charge in [0.25, 0.3) is 5.91 Å². The Labute approximate surface area is 151 Å². The smallest absolute Gasteiger partial charge is 0.275 e. The van der Waals surface area contributed by atoms with Crippen LogP contribution in [0.4, 0.5) is 11.5 Å². The molecule has 0 saturated heterocycles. The van der Waals surface area contributed by atoms with Crippen LogP contribution in [-0.2, 0) is 6.54 Å². The summed E-state index contributed by atoms with van der Waals surface area (Å²) in [6, 6.07) is 16.9. The van der Waals surface area contributed by atoms with Gasteiger partial charge in [-0.25, -0.2) is 9.97 Å². The average molecular weight is 343 g/mol. The van der Waals surface area contributed by atoms with Crippen LogP contribution in [0.3, 0.4) is 0 Å². The Morgan fingerprint density at radius 3 is 2.62 bits per heavy atom. The van der Waals surface area contributed by atoms with Crippen LogP contribution in [0.15, 0.2) is 60.9 Å². The fourth-order valence-corrected chi connectivity index (χ4v) is 2.30. The van der Waals surface area contributed by atoms with Crippen molar-refractivity contribution < 1.29 is 4.79 Å². The zero-order chi connectivity index (χ0) is 18.4. The fourth-order valence-electron chi connectivity index (χ4n) is 2.30. The summed E-state index contributed by atoms with van der Waals surface area (Å²) in [5.74, 6) is 0.214. The number of benzene rings is 2. The van der Waals surface area contributed by atoms with Gasteiger partial charge in [0.05, 0.1) is 24.0 Å². The molecule has 3 aromatic rings. The average Bonchev–Trinajstić information content (AvgIpc) is 2.68. The van der Waals surface area contributed by atoms with Crippen LogP contribution in [0.1, 0.15) is 27.2 Å². The summed E-state index contributed by atoms with van der Waals surface area (Å²) >= 11 is 0. The molecule has 26 heavy (non-hydrogen) atoms. The maximum absolute atomic E-state index is 12.2. The van der Waals surface area contributed by atoms with Gasteiger partial charge in [0, 0.05) is 12.2 Å². The molecule has 6 nitrogen and oxygen atoms in total. The van der Waals surface area contributed by atoms with E-state index >= 15 is 0 Å². The minimum absolute atomic E-state index is 0.202. The highest BCUT2D eigenvalue weighted by Gasteiger charge is 2.09. The van der Waals surface area contributed by atoms with Crippen LogP contribution in [0, 0.1) is 18.3 Å². The predicted molar refractivity (Wildman–Crippen MR) is 99.6 cm³/mol. The van der Waals surface area contributed by atoms with Gasteiger partial charge >= 0.3 is 0 Å². The Morgan fingerprint density at radius 2 is 1.92 bits per heavy atom. The van der Waals surface area contributed by atoms with Crippen LogP contribution in [-0.4, -0.2) is 15.9 Å². The van der Waals surface area contributed by atoms with Crippen LogP contribution in [0.25, 0.3) is 0 Å². The van der Waals surface area contributed by atoms with Gasteiger partial charge in [-0.2, -0.15) is 5.26 Å². The second kappa shape index (κ2) is 7.90.